The van der Waals surface area contributed by atoms with Crippen LogP contribution in [-0.2, 0) is 14.2 Å². The van der Waals surface area contributed by atoms with E-state index in [0.29, 0.717) is 23.6 Å². The summed E-state index contributed by atoms with van der Waals surface area (Å²) in [6.07, 6.45) is 12.3. The second kappa shape index (κ2) is 22.6. The Bertz CT molecular complexity index is 1890. The Morgan fingerprint density at radius 1 is 0.564 bits per heavy atom. The first-order valence-corrected chi connectivity index (χ1v) is 19.5. The number of nitrogens with one attached hydrogen (secondary N) is 1. The number of benzene rings is 4. The zero-order valence-corrected chi connectivity index (χ0v) is 32.2. The van der Waals surface area contributed by atoms with Crippen LogP contribution in [0.15, 0.2) is 83.0 Å². The number of amides is 1. The molecule has 1 amide bonds. The molecule has 0 aromatic heterocycles. The van der Waals surface area contributed by atoms with Crippen LogP contribution in [0, 0.1) is 0 Å². The summed E-state index contributed by atoms with van der Waals surface area (Å²) >= 11 is 0. The molecule has 2 N–H and O–H groups in total. The summed E-state index contributed by atoms with van der Waals surface area (Å²) in [5.41, 5.74) is 0.893. The van der Waals surface area contributed by atoms with Crippen molar-refractivity contribution in [2.75, 3.05) is 25.1 Å². The molecule has 0 saturated carbocycles. The van der Waals surface area contributed by atoms with Crippen molar-refractivity contribution in [1.29, 1.82) is 0 Å². The molecule has 0 spiro atoms. The lowest BCUT2D eigenvalue weighted by molar-refractivity contribution is 0.0491. The molecular formula is C44H53N3O8. The number of carbonyl (C=O) groups is 4. The quantitative estimate of drug-likeness (QED) is 0.0348. The first-order valence-electron chi connectivity index (χ1n) is 19.5. The van der Waals surface area contributed by atoms with Crippen molar-refractivity contribution in [3.63, 3.8) is 0 Å². The summed E-state index contributed by atoms with van der Waals surface area (Å²) in [7, 11) is 0. The monoisotopic (exact) mass is 751 g/mol. The average molecular weight is 752 g/mol. The second-order valence-corrected chi connectivity index (χ2v) is 13.3. The standard InChI is InChI=1S/C44H53N3O8/c1-4-7-9-11-13-19-25-54-42(50)31-27-32(43(51)55-26-20-14-12-10-8-5-2)29-33(28-31)45-41(49)37-30-39(34-21-15-16-22-35(34)40(37)48)47-46-38-24-18-17-23-36(38)44(52)53-6-3/h15-18,21-24,27-30,48H,4-14,19-20,25-26H2,1-3H3,(H,45,49). The van der Waals surface area contributed by atoms with Crippen LogP contribution < -0.4 is 5.32 Å². The van der Waals surface area contributed by atoms with Gasteiger partial charge in [0.15, 0.2) is 0 Å². The molecule has 0 heterocycles. The van der Waals surface area contributed by atoms with Crippen LogP contribution in [-0.4, -0.2) is 48.7 Å². The van der Waals surface area contributed by atoms with E-state index in [4.69, 9.17) is 14.2 Å². The number of fused-ring (bicyclic) bond motifs is 1. The van der Waals surface area contributed by atoms with Crippen LogP contribution in [0.3, 0.4) is 0 Å². The van der Waals surface area contributed by atoms with E-state index in [9.17, 15) is 24.3 Å². The lowest BCUT2D eigenvalue weighted by atomic mass is 10.0. The number of hydrogen-bond donors (Lipinski definition) is 2. The van der Waals surface area contributed by atoms with E-state index in [-0.39, 0.29) is 64.9 Å². The predicted octanol–water partition coefficient (Wildman–Crippen LogP) is 11.4. The van der Waals surface area contributed by atoms with Crippen LogP contribution in [0.2, 0.25) is 0 Å². The highest BCUT2D eigenvalue weighted by atomic mass is 16.5. The molecule has 11 nitrogen and oxygen atoms in total. The Hall–Kier alpha value is -5.58. The molecule has 0 aliphatic heterocycles. The number of anilines is 1. The highest BCUT2D eigenvalue weighted by Crippen LogP contribution is 2.37. The van der Waals surface area contributed by atoms with Crippen LogP contribution in [0.5, 0.6) is 5.75 Å². The van der Waals surface area contributed by atoms with Crippen LogP contribution in [0.25, 0.3) is 10.8 Å². The van der Waals surface area contributed by atoms with Crippen molar-refractivity contribution in [3.8, 4) is 5.75 Å². The SMILES string of the molecule is CCCCCCCCOC(=O)c1cc(NC(=O)c2cc(N=Nc3ccccc3C(=O)OCC)c3ccccc3c2O)cc(C(=O)OCCCCCCCC)c1. The van der Waals surface area contributed by atoms with E-state index < -0.39 is 23.8 Å². The minimum atomic E-state index is -0.726. The third-order valence-electron chi connectivity index (χ3n) is 9.03. The molecule has 0 aliphatic rings. The lowest BCUT2D eigenvalue weighted by Crippen LogP contribution is -2.15. The fourth-order valence-electron chi connectivity index (χ4n) is 6.04. The molecule has 292 valence electrons. The number of phenolic OH excluding ortho intramolecular Hbond substituents is 1. The molecule has 4 aromatic rings. The highest BCUT2D eigenvalue weighted by Gasteiger charge is 2.21. The van der Waals surface area contributed by atoms with Crippen molar-refractivity contribution in [2.24, 2.45) is 10.2 Å². The molecule has 0 saturated heterocycles. The molecule has 0 bridgehead atoms. The van der Waals surface area contributed by atoms with Gasteiger partial charge >= 0.3 is 17.9 Å². The van der Waals surface area contributed by atoms with Gasteiger partial charge in [-0.3, -0.25) is 4.79 Å². The molecular weight excluding hydrogens is 698 g/mol. The van der Waals surface area contributed by atoms with Gasteiger partial charge in [0.2, 0.25) is 0 Å². The molecule has 4 aromatic carbocycles. The number of unbranched alkanes of at least 4 members (excludes halogenated alkanes) is 10. The summed E-state index contributed by atoms with van der Waals surface area (Å²) in [6, 6.07) is 19.1. The van der Waals surface area contributed by atoms with Gasteiger partial charge in [-0.25, -0.2) is 14.4 Å². The largest absolute Gasteiger partial charge is 0.506 e. The van der Waals surface area contributed by atoms with Crippen LogP contribution >= 0.6 is 0 Å². The van der Waals surface area contributed by atoms with Gasteiger partial charge in [0.25, 0.3) is 5.91 Å². The van der Waals surface area contributed by atoms with E-state index in [2.05, 4.69) is 29.4 Å². The van der Waals surface area contributed by atoms with Crippen molar-refractivity contribution in [3.05, 3.63) is 95.1 Å². The van der Waals surface area contributed by atoms with Crippen molar-refractivity contribution in [2.45, 2.75) is 97.8 Å². The number of aromatic hydroxyl groups is 1. The first kappa shape index (κ1) is 42.2. The van der Waals surface area contributed by atoms with Gasteiger partial charge < -0.3 is 24.6 Å². The Morgan fingerprint density at radius 3 is 1.69 bits per heavy atom. The van der Waals surface area contributed by atoms with Gasteiger partial charge in [-0.05, 0) is 56.2 Å². The van der Waals surface area contributed by atoms with Crippen LogP contribution in [0.4, 0.5) is 17.1 Å². The minimum Gasteiger partial charge on any atom is -0.506 e. The lowest BCUT2D eigenvalue weighted by Gasteiger charge is -2.13. The van der Waals surface area contributed by atoms with E-state index in [1.807, 2.05) is 0 Å². The summed E-state index contributed by atoms with van der Waals surface area (Å²) < 4.78 is 16.3. The fourth-order valence-corrected chi connectivity index (χ4v) is 6.04. The zero-order valence-electron chi connectivity index (χ0n) is 32.2. The summed E-state index contributed by atoms with van der Waals surface area (Å²) in [4.78, 5) is 52.8. The number of esters is 3. The highest BCUT2D eigenvalue weighted by molar-refractivity contribution is 6.13. The maximum Gasteiger partial charge on any atom is 0.340 e. The minimum absolute atomic E-state index is 0.0767. The van der Waals surface area contributed by atoms with E-state index in [1.54, 1.807) is 55.5 Å². The fraction of sp³-hybridized carbons (Fsp3) is 0.409. The summed E-state index contributed by atoms with van der Waals surface area (Å²) in [6.45, 7) is 6.67. The van der Waals surface area contributed by atoms with E-state index in [1.165, 1.54) is 37.1 Å². The third kappa shape index (κ3) is 12.8. The molecule has 0 fully saturated rings. The molecule has 4 rings (SSSR count). The van der Waals surface area contributed by atoms with Gasteiger partial charge in [0.05, 0.1) is 47.8 Å². The number of carbonyl (C=O) groups excluding carboxylic acids is 4. The number of nitrogens with zero attached hydrogens (tertiary/aromatic N) is 2. The molecule has 0 unspecified atom stereocenters. The maximum atomic E-state index is 13.9. The normalized spacial score (nSPS) is 11.1. The van der Waals surface area contributed by atoms with Crippen molar-refractivity contribution < 1.29 is 38.5 Å². The van der Waals surface area contributed by atoms with Gasteiger partial charge in [-0.15, -0.1) is 10.2 Å². The number of azo groups is 1. The summed E-state index contributed by atoms with van der Waals surface area (Å²) in [5.74, 6) is -2.84. The number of ether oxygens (including phenoxy) is 3. The molecule has 55 heavy (non-hydrogen) atoms. The van der Waals surface area contributed by atoms with E-state index in [0.717, 1.165) is 51.4 Å². The smallest absolute Gasteiger partial charge is 0.340 e. The van der Waals surface area contributed by atoms with Gasteiger partial charge in [0, 0.05) is 16.5 Å². The van der Waals surface area contributed by atoms with Gasteiger partial charge in [-0.1, -0.05) is 114 Å². The molecule has 11 heteroatoms. The van der Waals surface area contributed by atoms with Crippen LogP contribution in [0.1, 0.15) is 139 Å². The zero-order chi connectivity index (χ0) is 39.4. The number of rotatable bonds is 22. The Labute approximate surface area is 323 Å². The Morgan fingerprint density at radius 2 is 1.09 bits per heavy atom. The van der Waals surface area contributed by atoms with Crippen molar-refractivity contribution in [1.82, 2.24) is 0 Å². The number of phenols is 1. The summed E-state index contributed by atoms with van der Waals surface area (Å²) in [5, 5.41) is 23.6. The van der Waals surface area contributed by atoms with E-state index >= 15 is 0 Å². The van der Waals surface area contributed by atoms with Crippen molar-refractivity contribution >= 4 is 51.6 Å². The Balaban J connectivity index is 1.60. The van der Waals surface area contributed by atoms with Gasteiger partial charge in [-0.2, -0.15) is 0 Å². The molecule has 0 radical (unpaired) electrons. The predicted molar refractivity (Wildman–Crippen MR) is 214 cm³/mol. The number of hydrogen-bond acceptors (Lipinski definition) is 10. The van der Waals surface area contributed by atoms with Gasteiger partial charge in [0.1, 0.15) is 11.4 Å². The molecule has 0 aliphatic carbocycles. The second-order valence-electron chi connectivity index (χ2n) is 13.3. The first-order chi connectivity index (χ1) is 26.8. The molecule has 0 atom stereocenters. The Kier molecular flexibility index (Phi) is 17.3. The third-order valence-corrected chi connectivity index (χ3v) is 9.03. The topological polar surface area (TPSA) is 153 Å². The average Bonchev–Trinajstić information content (AvgIpc) is 3.19. The maximum absolute atomic E-state index is 13.9.